The molecule has 1 aromatic carbocycles. The van der Waals surface area contributed by atoms with Crippen molar-refractivity contribution in [3.05, 3.63) is 41.7 Å². The number of aromatic amines is 1. The van der Waals surface area contributed by atoms with Crippen molar-refractivity contribution in [1.29, 1.82) is 0 Å². The van der Waals surface area contributed by atoms with Crippen LogP contribution in [0.1, 0.15) is 37.8 Å². The number of amides is 1. The third-order valence-corrected chi connectivity index (χ3v) is 6.14. The summed E-state index contributed by atoms with van der Waals surface area (Å²) < 4.78 is 39.0. The minimum Gasteiger partial charge on any atom is -0.364 e. The SMILES string of the molecule is CCN(CC)C(=O)C1CCCN(c2nc3ncnc(NCc4cccc(C(F)(F)F)c4)c3[nH]2)C1. The number of hydrogen-bond acceptors (Lipinski definition) is 6. The molecule has 1 unspecified atom stereocenters. The maximum atomic E-state index is 13.0. The van der Waals surface area contributed by atoms with Gasteiger partial charge in [0.15, 0.2) is 11.5 Å². The molecule has 1 fully saturated rings. The first-order chi connectivity index (χ1) is 16.3. The minimum atomic E-state index is -4.39. The number of fused-ring (bicyclic) bond motifs is 1. The number of rotatable bonds is 7. The highest BCUT2D eigenvalue weighted by atomic mass is 19.4. The highest BCUT2D eigenvalue weighted by Crippen LogP contribution is 2.30. The number of hydrogen-bond donors (Lipinski definition) is 2. The van der Waals surface area contributed by atoms with E-state index in [2.05, 4.69) is 25.3 Å². The smallest absolute Gasteiger partial charge is 0.364 e. The maximum Gasteiger partial charge on any atom is 0.416 e. The van der Waals surface area contributed by atoms with Gasteiger partial charge in [0.05, 0.1) is 11.5 Å². The molecule has 1 aliphatic heterocycles. The number of anilines is 2. The number of aromatic nitrogens is 4. The van der Waals surface area contributed by atoms with Gasteiger partial charge >= 0.3 is 6.18 Å². The zero-order chi connectivity index (χ0) is 24.3. The summed E-state index contributed by atoms with van der Waals surface area (Å²) in [6.45, 7) is 6.83. The van der Waals surface area contributed by atoms with Gasteiger partial charge in [-0.3, -0.25) is 4.79 Å². The molecular formula is C23H28F3N7O. The third kappa shape index (κ3) is 5.07. The molecule has 3 aromatic rings. The summed E-state index contributed by atoms with van der Waals surface area (Å²) in [4.78, 5) is 33.0. The quantitative estimate of drug-likeness (QED) is 0.536. The normalized spacial score (nSPS) is 16.6. The van der Waals surface area contributed by atoms with Crippen LogP contribution in [0.25, 0.3) is 11.2 Å². The summed E-state index contributed by atoms with van der Waals surface area (Å²) in [5.41, 5.74) is 0.813. The lowest BCUT2D eigenvalue weighted by Crippen LogP contribution is -2.45. The fourth-order valence-electron chi connectivity index (χ4n) is 4.31. The Kier molecular flexibility index (Phi) is 6.90. The number of halogens is 3. The van der Waals surface area contributed by atoms with Crippen LogP contribution in [0.2, 0.25) is 0 Å². The Bertz CT molecular complexity index is 1140. The Labute approximate surface area is 195 Å². The second-order valence-corrected chi connectivity index (χ2v) is 8.33. The van der Waals surface area contributed by atoms with E-state index in [1.807, 2.05) is 23.6 Å². The van der Waals surface area contributed by atoms with Crippen molar-refractivity contribution in [2.45, 2.75) is 39.4 Å². The van der Waals surface area contributed by atoms with Crippen molar-refractivity contribution in [3.63, 3.8) is 0 Å². The molecule has 34 heavy (non-hydrogen) atoms. The van der Waals surface area contributed by atoms with E-state index >= 15 is 0 Å². The fraction of sp³-hybridized carbons (Fsp3) is 0.478. The maximum absolute atomic E-state index is 13.0. The van der Waals surface area contributed by atoms with Gasteiger partial charge in [-0.2, -0.15) is 18.2 Å². The van der Waals surface area contributed by atoms with E-state index in [-0.39, 0.29) is 18.4 Å². The second-order valence-electron chi connectivity index (χ2n) is 8.33. The minimum absolute atomic E-state index is 0.0912. The van der Waals surface area contributed by atoms with Crippen LogP contribution in [0, 0.1) is 5.92 Å². The zero-order valence-electron chi connectivity index (χ0n) is 19.2. The van der Waals surface area contributed by atoms with Crippen molar-refractivity contribution in [2.75, 3.05) is 36.4 Å². The second kappa shape index (κ2) is 9.86. The highest BCUT2D eigenvalue weighted by Gasteiger charge is 2.31. The number of piperidine rings is 1. The number of nitrogens with one attached hydrogen (secondary N) is 2. The van der Waals surface area contributed by atoms with Gasteiger partial charge in [0, 0.05) is 32.7 Å². The molecule has 1 amide bonds. The molecule has 0 spiro atoms. The summed E-state index contributed by atoms with van der Waals surface area (Å²) in [5, 5.41) is 3.09. The van der Waals surface area contributed by atoms with Crippen LogP contribution in [0.5, 0.6) is 0 Å². The number of carbonyl (C=O) groups is 1. The Hall–Kier alpha value is -3.37. The molecule has 2 aromatic heterocycles. The van der Waals surface area contributed by atoms with Gasteiger partial charge < -0.3 is 20.1 Å². The molecule has 182 valence electrons. The molecule has 11 heteroatoms. The Morgan fingerprint density at radius 3 is 2.79 bits per heavy atom. The van der Waals surface area contributed by atoms with Crippen LogP contribution in [0.15, 0.2) is 30.6 Å². The van der Waals surface area contributed by atoms with Crippen molar-refractivity contribution in [2.24, 2.45) is 5.92 Å². The average Bonchev–Trinajstić information content (AvgIpc) is 3.28. The van der Waals surface area contributed by atoms with Crippen molar-refractivity contribution in [1.82, 2.24) is 24.8 Å². The number of nitrogens with zero attached hydrogens (tertiary/aromatic N) is 5. The summed E-state index contributed by atoms with van der Waals surface area (Å²) in [6.07, 6.45) is -1.31. The van der Waals surface area contributed by atoms with E-state index < -0.39 is 11.7 Å². The van der Waals surface area contributed by atoms with E-state index in [1.165, 1.54) is 12.4 Å². The third-order valence-electron chi connectivity index (χ3n) is 6.14. The summed E-state index contributed by atoms with van der Waals surface area (Å²) in [7, 11) is 0. The van der Waals surface area contributed by atoms with E-state index in [9.17, 15) is 18.0 Å². The van der Waals surface area contributed by atoms with E-state index in [1.54, 1.807) is 6.07 Å². The van der Waals surface area contributed by atoms with Gasteiger partial charge in [-0.05, 0) is 44.4 Å². The van der Waals surface area contributed by atoms with Gasteiger partial charge in [0.25, 0.3) is 0 Å². The number of imidazole rings is 1. The van der Waals surface area contributed by atoms with Crippen LogP contribution in [0.3, 0.4) is 0 Å². The molecule has 0 radical (unpaired) electrons. The zero-order valence-corrected chi connectivity index (χ0v) is 19.2. The fourth-order valence-corrected chi connectivity index (χ4v) is 4.31. The van der Waals surface area contributed by atoms with Crippen LogP contribution >= 0.6 is 0 Å². The number of alkyl halides is 3. The molecule has 1 saturated heterocycles. The molecular weight excluding hydrogens is 447 g/mol. The lowest BCUT2D eigenvalue weighted by atomic mass is 9.96. The van der Waals surface area contributed by atoms with E-state index in [4.69, 9.17) is 0 Å². The average molecular weight is 476 g/mol. The van der Waals surface area contributed by atoms with Crippen LogP contribution in [-0.4, -0.2) is 56.9 Å². The van der Waals surface area contributed by atoms with E-state index in [0.717, 1.165) is 31.5 Å². The molecule has 3 heterocycles. The summed E-state index contributed by atoms with van der Waals surface area (Å²) >= 11 is 0. The number of benzene rings is 1. The molecule has 1 atom stereocenters. The predicted molar refractivity (Wildman–Crippen MR) is 123 cm³/mol. The highest BCUT2D eigenvalue weighted by molar-refractivity contribution is 5.84. The molecule has 8 nitrogen and oxygen atoms in total. The number of H-pyrrole nitrogens is 1. The van der Waals surface area contributed by atoms with Gasteiger partial charge in [-0.1, -0.05) is 12.1 Å². The van der Waals surface area contributed by atoms with Crippen LogP contribution < -0.4 is 10.2 Å². The molecule has 0 aliphatic carbocycles. The van der Waals surface area contributed by atoms with Crippen LogP contribution in [0.4, 0.5) is 24.9 Å². The first-order valence-corrected chi connectivity index (χ1v) is 11.4. The lowest BCUT2D eigenvalue weighted by molar-refractivity contribution is -0.137. The summed E-state index contributed by atoms with van der Waals surface area (Å²) in [6, 6.07) is 5.17. The molecule has 2 N–H and O–H groups in total. The predicted octanol–water partition coefficient (Wildman–Crippen LogP) is 4.07. The Morgan fingerprint density at radius 2 is 2.06 bits per heavy atom. The van der Waals surface area contributed by atoms with Crippen LogP contribution in [-0.2, 0) is 17.5 Å². The first kappa shape index (κ1) is 23.8. The largest absolute Gasteiger partial charge is 0.416 e. The summed E-state index contributed by atoms with van der Waals surface area (Å²) in [5.74, 6) is 1.13. The Morgan fingerprint density at radius 1 is 1.26 bits per heavy atom. The standard InChI is InChI=1S/C23H28F3N7O/c1-3-32(4-2)21(34)16-8-6-10-33(13-16)22-30-18-19(28-14-29-20(18)31-22)27-12-15-7-5-9-17(11-15)23(24,25)26/h5,7,9,11,14,16H,3-4,6,8,10,12-13H2,1-2H3,(H2,27,28,29,30,31). The van der Waals surface area contributed by atoms with Gasteiger partial charge in [0.2, 0.25) is 11.9 Å². The topological polar surface area (TPSA) is 90.0 Å². The van der Waals surface area contributed by atoms with E-state index in [0.29, 0.717) is 48.1 Å². The first-order valence-electron chi connectivity index (χ1n) is 11.4. The Balaban J connectivity index is 1.50. The molecule has 0 saturated carbocycles. The van der Waals surface area contributed by atoms with Gasteiger partial charge in [0.1, 0.15) is 11.8 Å². The number of carbonyl (C=O) groups excluding carboxylic acids is 1. The molecule has 0 bridgehead atoms. The molecule has 4 rings (SSSR count). The van der Waals surface area contributed by atoms with Gasteiger partial charge in [-0.25, -0.2) is 9.97 Å². The van der Waals surface area contributed by atoms with Crippen molar-refractivity contribution < 1.29 is 18.0 Å². The monoisotopic (exact) mass is 475 g/mol. The van der Waals surface area contributed by atoms with Gasteiger partial charge in [-0.15, -0.1) is 0 Å². The molecule has 1 aliphatic rings. The lowest BCUT2D eigenvalue weighted by Gasteiger charge is -2.34. The van der Waals surface area contributed by atoms with Crippen molar-refractivity contribution >= 4 is 28.8 Å². The van der Waals surface area contributed by atoms with Crippen molar-refractivity contribution in [3.8, 4) is 0 Å².